The Balaban J connectivity index is 1.96. The van der Waals surface area contributed by atoms with Crippen LogP contribution in [-0.2, 0) is 16.9 Å². The van der Waals surface area contributed by atoms with Crippen molar-refractivity contribution < 1.29 is 18.5 Å². The van der Waals surface area contributed by atoms with Gasteiger partial charge in [0.05, 0.1) is 12.2 Å². The molecule has 1 aliphatic rings. The van der Waals surface area contributed by atoms with Crippen molar-refractivity contribution in [3.63, 3.8) is 0 Å². The first-order chi connectivity index (χ1) is 10.8. The van der Waals surface area contributed by atoms with Crippen molar-refractivity contribution in [3.8, 4) is 0 Å². The van der Waals surface area contributed by atoms with Crippen LogP contribution in [0, 0.1) is 19.7 Å². The third kappa shape index (κ3) is 2.28. The highest BCUT2D eigenvalue weighted by Crippen LogP contribution is 2.31. The summed E-state index contributed by atoms with van der Waals surface area (Å²) in [6.45, 7) is 4.99. The molecule has 1 aliphatic heterocycles. The molecule has 1 aromatic carbocycles. The summed E-state index contributed by atoms with van der Waals surface area (Å²) >= 11 is 0. The molecule has 3 rings (SSSR count). The molecule has 1 aromatic heterocycles. The number of urea groups is 1. The summed E-state index contributed by atoms with van der Waals surface area (Å²) in [6.07, 6.45) is 0. The molecular formula is C16H16FN3O3. The number of hydrogen-bond donors (Lipinski definition) is 1. The number of rotatable bonds is 3. The third-order valence-electron chi connectivity index (χ3n) is 4.18. The molecule has 3 amide bonds. The second kappa shape index (κ2) is 5.19. The number of halogens is 1. The van der Waals surface area contributed by atoms with Crippen LogP contribution in [0.5, 0.6) is 0 Å². The molecule has 2 heterocycles. The van der Waals surface area contributed by atoms with Gasteiger partial charge in [-0.2, -0.15) is 0 Å². The quantitative estimate of drug-likeness (QED) is 0.882. The number of aryl methyl sites for hydroxylation is 2. The number of hydrogen-bond acceptors (Lipinski definition) is 4. The van der Waals surface area contributed by atoms with Gasteiger partial charge < -0.3 is 9.84 Å². The first kappa shape index (κ1) is 15.2. The fraction of sp³-hybridized carbons (Fsp3) is 0.312. The van der Waals surface area contributed by atoms with Crippen molar-refractivity contribution in [2.75, 3.05) is 0 Å². The Kier molecular flexibility index (Phi) is 3.43. The lowest BCUT2D eigenvalue weighted by Gasteiger charge is -2.22. The zero-order valence-corrected chi connectivity index (χ0v) is 13.0. The zero-order chi connectivity index (χ0) is 16.8. The third-order valence-corrected chi connectivity index (χ3v) is 4.18. The van der Waals surface area contributed by atoms with Crippen LogP contribution in [0.4, 0.5) is 9.18 Å². The molecule has 6 nitrogen and oxygen atoms in total. The van der Waals surface area contributed by atoms with E-state index in [9.17, 15) is 14.0 Å². The highest BCUT2D eigenvalue weighted by Gasteiger charge is 2.50. The van der Waals surface area contributed by atoms with Crippen LogP contribution in [0.25, 0.3) is 0 Å². The second-order valence-corrected chi connectivity index (χ2v) is 5.73. The van der Waals surface area contributed by atoms with Crippen molar-refractivity contribution >= 4 is 11.9 Å². The lowest BCUT2D eigenvalue weighted by atomic mass is 9.91. The highest BCUT2D eigenvalue weighted by molar-refractivity contribution is 6.07. The van der Waals surface area contributed by atoms with E-state index in [1.54, 1.807) is 19.9 Å². The summed E-state index contributed by atoms with van der Waals surface area (Å²) in [4.78, 5) is 26.1. The summed E-state index contributed by atoms with van der Waals surface area (Å²) in [6, 6.07) is 5.34. The van der Waals surface area contributed by atoms with E-state index in [4.69, 9.17) is 4.52 Å². The number of aromatic nitrogens is 1. The Morgan fingerprint density at radius 2 is 2.00 bits per heavy atom. The minimum atomic E-state index is -1.43. The van der Waals surface area contributed by atoms with Gasteiger partial charge in [-0.05, 0) is 26.8 Å². The van der Waals surface area contributed by atoms with Gasteiger partial charge in [0, 0.05) is 11.1 Å². The van der Waals surface area contributed by atoms with Crippen LogP contribution in [0.2, 0.25) is 0 Å². The first-order valence-electron chi connectivity index (χ1n) is 7.15. The molecule has 23 heavy (non-hydrogen) atoms. The van der Waals surface area contributed by atoms with E-state index in [0.29, 0.717) is 17.0 Å². The molecule has 120 valence electrons. The summed E-state index contributed by atoms with van der Waals surface area (Å²) in [7, 11) is 0. The van der Waals surface area contributed by atoms with Crippen LogP contribution < -0.4 is 5.32 Å². The second-order valence-electron chi connectivity index (χ2n) is 5.73. The molecule has 1 N–H and O–H groups in total. The van der Waals surface area contributed by atoms with Gasteiger partial charge in [-0.15, -0.1) is 0 Å². The fourth-order valence-electron chi connectivity index (χ4n) is 2.78. The number of nitrogens with one attached hydrogen (secondary N) is 1. The Labute approximate surface area is 132 Å². The number of benzene rings is 1. The molecule has 0 unspecified atom stereocenters. The molecule has 1 saturated heterocycles. The number of carbonyl (C=O) groups is 2. The zero-order valence-electron chi connectivity index (χ0n) is 13.0. The summed E-state index contributed by atoms with van der Waals surface area (Å²) in [5, 5.41) is 6.40. The molecule has 0 radical (unpaired) electrons. The van der Waals surface area contributed by atoms with Crippen LogP contribution >= 0.6 is 0 Å². The maximum Gasteiger partial charge on any atom is 0.325 e. The molecule has 0 spiro atoms. The largest absolute Gasteiger partial charge is 0.361 e. The molecule has 2 aromatic rings. The summed E-state index contributed by atoms with van der Waals surface area (Å²) in [5.74, 6) is -0.502. The summed E-state index contributed by atoms with van der Waals surface area (Å²) in [5.41, 5.74) is -0.00464. The van der Waals surface area contributed by atoms with Gasteiger partial charge in [0.25, 0.3) is 5.91 Å². The van der Waals surface area contributed by atoms with Crippen LogP contribution in [0.3, 0.4) is 0 Å². The fourth-order valence-corrected chi connectivity index (χ4v) is 2.78. The smallest absolute Gasteiger partial charge is 0.325 e. The van der Waals surface area contributed by atoms with Gasteiger partial charge >= 0.3 is 6.03 Å². The van der Waals surface area contributed by atoms with E-state index < -0.39 is 23.3 Å². The predicted octanol–water partition coefficient (Wildman–Crippen LogP) is 2.40. The molecular weight excluding hydrogens is 301 g/mol. The number of carbonyl (C=O) groups excluding carboxylic acids is 2. The Bertz CT molecular complexity index is 782. The Hall–Kier alpha value is -2.70. The molecule has 7 heteroatoms. The number of amides is 3. The van der Waals surface area contributed by atoms with E-state index in [-0.39, 0.29) is 12.1 Å². The van der Waals surface area contributed by atoms with Crippen molar-refractivity contribution in [1.29, 1.82) is 0 Å². The van der Waals surface area contributed by atoms with Gasteiger partial charge in [-0.1, -0.05) is 23.4 Å². The van der Waals surface area contributed by atoms with Gasteiger partial charge in [0.15, 0.2) is 0 Å². The number of imide groups is 1. The minimum Gasteiger partial charge on any atom is -0.361 e. The molecule has 0 saturated carbocycles. The normalized spacial score (nSPS) is 21.0. The van der Waals surface area contributed by atoms with E-state index in [1.165, 1.54) is 25.1 Å². The van der Waals surface area contributed by atoms with Gasteiger partial charge in [-0.25, -0.2) is 9.18 Å². The average molecular weight is 317 g/mol. The van der Waals surface area contributed by atoms with E-state index in [2.05, 4.69) is 10.5 Å². The molecule has 0 aliphatic carbocycles. The monoisotopic (exact) mass is 317 g/mol. The van der Waals surface area contributed by atoms with Crippen LogP contribution in [0.1, 0.15) is 29.5 Å². The summed E-state index contributed by atoms with van der Waals surface area (Å²) < 4.78 is 19.1. The lowest BCUT2D eigenvalue weighted by molar-refractivity contribution is -0.131. The van der Waals surface area contributed by atoms with Crippen molar-refractivity contribution in [3.05, 3.63) is 52.7 Å². The van der Waals surface area contributed by atoms with E-state index in [1.807, 2.05) is 0 Å². The minimum absolute atomic E-state index is 0.0376. The molecule has 1 fully saturated rings. The van der Waals surface area contributed by atoms with Gasteiger partial charge in [-0.3, -0.25) is 9.69 Å². The Morgan fingerprint density at radius 1 is 1.30 bits per heavy atom. The van der Waals surface area contributed by atoms with Crippen LogP contribution in [-0.4, -0.2) is 22.0 Å². The van der Waals surface area contributed by atoms with Gasteiger partial charge in [0.2, 0.25) is 0 Å². The Morgan fingerprint density at radius 3 is 2.61 bits per heavy atom. The topological polar surface area (TPSA) is 75.4 Å². The molecule has 0 bridgehead atoms. The van der Waals surface area contributed by atoms with Crippen molar-refractivity contribution in [2.24, 2.45) is 0 Å². The van der Waals surface area contributed by atoms with E-state index in [0.717, 1.165) is 4.90 Å². The van der Waals surface area contributed by atoms with Crippen molar-refractivity contribution in [1.82, 2.24) is 15.4 Å². The number of nitrogens with zero attached hydrogens (tertiary/aromatic N) is 2. The van der Waals surface area contributed by atoms with E-state index >= 15 is 0 Å². The first-order valence-corrected chi connectivity index (χ1v) is 7.15. The SMILES string of the molecule is Cc1noc(C)c1CN1C(=O)N[C@@](C)(c2ccccc2F)C1=O. The standard InChI is InChI=1S/C16H16FN3O3/c1-9-11(10(2)23-19-9)8-20-14(21)16(3,18-15(20)22)12-6-4-5-7-13(12)17/h4-7H,8H2,1-3H3,(H,18,22)/t16-/m0/s1. The molecule has 1 atom stereocenters. The van der Waals surface area contributed by atoms with Crippen LogP contribution in [0.15, 0.2) is 28.8 Å². The predicted molar refractivity (Wildman–Crippen MR) is 78.8 cm³/mol. The average Bonchev–Trinajstić information content (AvgIpc) is 2.93. The van der Waals surface area contributed by atoms with Crippen molar-refractivity contribution in [2.45, 2.75) is 32.9 Å². The lowest BCUT2D eigenvalue weighted by Crippen LogP contribution is -2.41. The van der Waals surface area contributed by atoms with Gasteiger partial charge in [0.1, 0.15) is 17.1 Å². The maximum atomic E-state index is 14.1. The maximum absolute atomic E-state index is 14.1. The highest BCUT2D eigenvalue weighted by atomic mass is 19.1.